The second-order valence-electron chi connectivity index (χ2n) is 8.84. The zero-order valence-electron chi connectivity index (χ0n) is 18.1. The molecule has 2 heterocycles. The van der Waals surface area contributed by atoms with Crippen LogP contribution in [0.5, 0.6) is 5.75 Å². The summed E-state index contributed by atoms with van der Waals surface area (Å²) < 4.78 is 12.0. The quantitative estimate of drug-likeness (QED) is 0.371. The van der Waals surface area contributed by atoms with Crippen molar-refractivity contribution in [1.29, 1.82) is 0 Å². The molecule has 32 heavy (non-hydrogen) atoms. The van der Waals surface area contributed by atoms with Gasteiger partial charge in [-0.2, -0.15) is 0 Å². The first-order valence-corrected chi connectivity index (χ1v) is 11.3. The smallest absolute Gasteiger partial charge is 0.336 e. The molecule has 4 heteroatoms. The molecule has 4 nitrogen and oxygen atoms in total. The third-order valence-electron chi connectivity index (χ3n) is 6.90. The molecule has 1 aliphatic carbocycles. The number of hydrogen-bond donors (Lipinski definition) is 0. The Morgan fingerprint density at radius 2 is 1.78 bits per heavy atom. The van der Waals surface area contributed by atoms with Crippen molar-refractivity contribution < 1.29 is 9.15 Å². The van der Waals surface area contributed by atoms with E-state index in [1.54, 1.807) is 6.07 Å². The molecule has 0 bridgehead atoms. The highest BCUT2D eigenvalue weighted by molar-refractivity contribution is 5.96. The van der Waals surface area contributed by atoms with Crippen LogP contribution in [0.15, 0.2) is 75.9 Å². The van der Waals surface area contributed by atoms with Gasteiger partial charge in [-0.15, -0.1) is 0 Å². The number of fused-ring (bicyclic) bond motifs is 3. The maximum atomic E-state index is 12.4. The molecule has 6 rings (SSSR count). The maximum Gasteiger partial charge on any atom is 0.336 e. The third-order valence-corrected chi connectivity index (χ3v) is 6.90. The summed E-state index contributed by atoms with van der Waals surface area (Å²) in [6.45, 7) is 3.35. The van der Waals surface area contributed by atoms with Crippen LogP contribution in [0.3, 0.4) is 0 Å². The van der Waals surface area contributed by atoms with Crippen molar-refractivity contribution in [3.05, 3.63) is 99.4 Å². The van der Waals surface area contributed by atoms with E-state index in [0.717, 1.165) is 52.8 Å². The van der Waals surface area contributed by atoms with Gasteiger partial charge in [-0.3, -0.25) is 4.90 Å². The van der Waals surface area contributed by atoms with Crippen molar-refractivity contribution in [3.8, 4) is 16.9 Å². The lowest BCUT2D eigenvalue weighted by Crippen LogP contribution is -2.37. The summed E-state index contributed by atoms with van der Waals surface area (Å²) in [6.07, 6.45) is 3.50. The van der Waals surface area contributed by atoms with E-state index in [0.29, 0.717) is 18.4 Å². The van der Waals surface area contributed by atoms with E-state index in [-0.39, 0.29) is 5.63 Å². The topological polar surface area (TPSA) is 42.7 Å². The van der Waals surface area contributed by atoms with Crippen molar-refractivity contribution in [2.24, 2.45) is 0 Å². The molecule has 0 saturated carbocycles. The van der Waals surface area contributed by atoms with Gasteiger partial charge in [0.25, 0.3) is 0 Å². The van der Waals surface area contributed by atoms with E-state index in [2.05, 4.69) is 35.2 Å². The molecule has 0 saturated heterocycles. The number of benzene rings is 3. The molecule has 0 radical (unpaired) electrons. The van der Waals surface area contributed by atoms with Crippen LogP contribution in [-0.4, -0.2) is 11.6 Å². The van der Waals surface area contributed by atoms with Gasteiger partial charge < -0.3 is 9.15 Å². The molecular weight excluding hydrogens is 398 g/mol. The molecule has 0 fully saturated rings. The molecule has 1 aliphatic heterocycles. The number of ether oxygens (including phenoxy) is 1. The number of aryl methyl sites for hydroxylation is 2. The van der Waals surface area contributed by atoms with E-state index in [9.17, 15) is 4.79 Å². The van der Waals surface area contributed by atoms with E-state index in [4.69, 9.17) is 9.15 Å². The minimum Gasteiger partial charge on any atom is -0.477 e. The molecule has 4 aromatic rings. The van der Waals surface area contributed by atoms with E-state index >= 15 is 0 Å². The molecule has 0 N–H and O–H groups in total. The summed E-state index contributed by atoms with van der Waals surface area (Å²) in [5.74, 6) is 0.853. The summed E-state index contributed by atoms with van der Waals surface area (Å²) in [5, 5.41) is 0.960. The van der Waals surface area contributed by atoms with Gasteiger partial charge in [-0.25, -0.2) is 4.79 Å². The first-order chi connectivity index (χ1) is 15.7. The average molecular weight is 424 g/mol. The molecular formula is C28H25NO3. The third kappa shape index (κ3) is 3.14. The SMILES string of the molecule is Cc1c2c(cc3c(-c4ccccc4)cc(=O)oc13)CN([C@H]1CCCc3ccccc31)CO2. The summed E-state index contributed by atoms with van der Waals surface area (Å²) in [4.78, 5) is 14.8. The summed E-state index contributed by atoms with van der Waals surface area (Å²) >= 11 is 0. The largest absolute Gasteiger partial charge is 0.477 e. The van der Waals surface area contributed by atoms with E-state index in [1.807, 2.05) is 37.3 Å². The second-order valence-corrected chi connectivity index (χ2v) is 8.84. The minimum absolute atomic E-state index is 0.337. The van der Waals surface area contributed by atoms with Crippen molar-refractivity contribution >= 4 is 11.0 Å². The van der Waals surface area contributed by atoms with Crippen molar-refractivity contribution in [1.82, 2.24) is 4.90 Å². The lowest BCUT2D eigenvalue weighted by atomic mass is 9.86. The van der Waals surface area contributed by atoms with Crippen LogP contribution in [0.2, 0.25) is 0 Å². The first-order valence-electron chi connectivity index (χ1n) is 11.3. The Balaban J connectivity index is 1.46. The maximum absolute atomic E-state index is 12.4. The van der Waals surface area contributed by atoms with Crippen molar-refractivity contribution in [3.63, 3.8) is 0 Å². The Kier molecular flexibility index (Phi) is 4.62. The fourth-order valence-electron chi connectivity index (χ4n) is 5.40. The summed E-state index contributed by atoms with van der Waals surface area (Å²) in [5.41, 5.74) is 7.13. The van der Waals surface area contributed by atoms with Crippen LogP contribution in [0.1, 0.15) is 41.1 Å². The normalized spacial score (nSPS) is 18.1. The highest BCUT2D eigenvalue weighted by atomic mass is 16.5. The van der Waals surface area contributed by atoms with Gasteiger partial charge >= 0.3 is 5.63 Å². The van der Waals surface area contributed by atoms with Gasteiger partial charge in [0.05, 0.1) is 0 Å². The number of nitrogens with zero attached hydrogens (tertiary/aromatic N) is 1. The van der Waals surface area contributed by atoms with Crippen LogP contribution < -0.4 is 10.4 Å². The number of rotatable bonds is 2. The fraction of sp³-hybridized carbons (Fsp3) is 0.250. The van der Waals surface area contributed by atoms with Gasteiger partial charge in [-0.1, -0.05) is 54.6 Å². The zero-order chi connectivity index (χ0) is 21.7. The standard InChI is InChI=1S/C28H25NO3/c1-18-27-21(14-24-23(15-26(30)32-28(18)24)20-8-3-2-4-9-20)16-29(17-31-27)25-13-7-11-19-10-5-6-12-22(19)25/h2-6,8-10,12,14-15,25H,7,11,13,16-17H2,1H3/t25-/m0/s1. The van der Waals surface area contributed by atoms with Crippen LogP contribution >= 0.6 is 0 Å². The summed E-state index contributed by atoms with van der Waals surface area (Å²) in [6, 6.07) is 23.0. The minimum atomic E-state index is -0.337. The van der Waals surface area contributed by atoms with Gasteiger partial charge in [0.1, 0.15) is 18.1 Å². The predicted molar refractivity (Wildman–Crippen MR) is 126 cm³/mol. The molecule has 0 unspecified atom stereocenters. The Bertz CT molecular complexity index is 1370. The monoisotopic (exact) mass is 423 g/mol. The summed E-state index contributed by atoms with van der Waals surface area (Å²) in [7, 11) is 0. The van der Waals surface area contributed by atoms with E-state index in [1.165, 1.54) is 17.5 Å². The first kappa shape index (κ1) is 19.3. The highest BCUT2D eigenvalue weighted by Crippen LogP contribution is 2.42. The predicted octanol–water partition coefficient (Wildman–Crippen LogP) is 6.00. The van der Waals surface area contributed by atoms with Crippen LogP contribution in [0.25, 0.3) is 22.1 Å². The van der Waals surface area contributed by atoms with Gasteiger partial charge in [0, 0.05) is 35.2 Å². The lowest BCUT2D eigenvalue weighted by Gasteiger charge is -2.39. The molecule has 1 atom stereocenters. The number of hydrogen-bond acceptors (Lipinski definition) is 4. The molecule has 160 valence electrons. The zero-order valence-corrected chi connectivity index (χ0v) is 18.1. The Labute approximate surface area is 187 Å². The fourth-order valence-corrected chi connectivity index (χ4v) is 5.40. The Hall–Kier alpha value is -3.37. The lowest BCUT2D eigenvalue weighted by molar-refractivity contribution is 0.0475. The van der Waals surface area contributed by atoms with Crippen LogP contribution in [0, 0.1) is 6.92 Å². The Morgan fingerprint density at radius 1 is 0.969 bits per heavy atom. The molecule has 0 amide bonds. The molecule has 1 aromatic heterocycles. The van der Waals surface area contributed by atoms with Gasteiger partial charge in [0.2, 0.25) is 0 Å². The molecule has 0 spiro atoms. The molecule has 2 aliphatic rings. The average Bonchev–Trinajstić information content (AvgIpc) is 2.84. The second kappa shape index (κ2) is 7.64. The highest BCUT2D eigenvalue weighted by Gasteiger charge is 2.31. The van der Waals surface area contributed by atoms with Crippen molar-refractivity contribution in [2.45, 2.75) is 38.8 Å². The van der Waals surface area contributed by atoms with Gasteiger partial charge in [0.15, 0.2) is 0 Å². The van der Waals surface area contributed by atoms with Crippen molar-refractivity contribution in [2.75, 3.05) is 6.73 Å². The molecule has 3 aromatic carbocycles. The Morgan fingerprint density at radius 3 is 2.66 bits per heavy atom. The van der Waals surface area contributed by atoms with Crippen LogP contribution in [0.4, 0.5) is 0 Å². The van der Waals surface area contributed by atoms with Gasteiger partial charge in [-0.05, 0) is 54.5 Å². The van der Waals surface area contributed by atoms with Crippen LogP contribution in [-0.2, 0) is 13.0 Å². The van der Waals surface area contributed by atoms with E-state index < -0.39 is 0 Å².